The molecule has 7 nitrogen and oxygen atoms in total. The molecular weight excluding hydrogens is 444 g/mol. The van der Waals surface area contributed by atoms with Crippen molar-refractivity contribution in [3.63, 3.8) is 0 Å². The van der Waals surface area contributed by atoms with Gasteiger partial charge in [-0.2, -0.15) is 0 Å². The summed E-state index contributed by atoms with van der Waals surface area (Å²) in [4.78, 5) is 39.7. The molecule has 7 heteroatoms. The van der Waals surface area contributed by atoms with E-state index in [2.05, 4.69) is 29.6 Å². The molecule has 1 aliphatic heterocycles. The van der Waals surface area contributed by atoms with E-state index in [-0.39, 0.29) is 30.9 Å². The monoisotopic (exact) mass is 478 g/mol. The average molecular weight is 479 g/mol. The summed E-state index contributed by atoms with van der Waals surface area (Å²) in [6.07, 6.45) is 0.991. The average Bonchev–Trinajstić information content (AvgIpc) is 3.19. The van der Waals surface area contributed by atoms with E-state index in [1.54, 1.807) is 4.90 Å². The van der Waals surface area contributed by atoms with E-state index in [0.29, 0.717) is 25.8 Å². The van der Waals surface area contributed by atoms with Crippen molar-refractivity contribution < 1.29 is 24.2 Å². The number of fused-ring (bicyclic) bond motifs is 3. The van der Waals surface area contributed by atoms with E-state index in [1.165, 1.54) is 0 Å². The first-order valence-corrected chi connectivity index (χ1v) is 12.4. The van der Waals surface area contributed by atoms with Crippen LogP contribution in [-0.2, 0) is 14.3 Å². The molecule has 0 bridgehead atoms. The van der Waals surface area contributed by atoms with Crippen LogP contribution in [0, 0.1) is 11.3 Å². The summed E-state index contributed by atoms with van der Waals surface area (Å²) < 4.78 is 5.64. The number of likely N-dealkylation sites (tertiary alicyclic amines) is 1. The number of carbonyl (C=O) groups is 3. The van der Waals surface area contributed by atoms with Gasteiger partial charge in [0.15, 0.2) is 0 Å². The number of hydrogen-bond donors (Lipinski definition) is 2. The number of hydrogen-bond acceptors (Lipinski definition) is 4. The van der Waals surface area contributed by atoms with Crippen molar-refractivity contribution in [2.75, 3.05) is 19.7 Å². The number of carboxylic acids is 1. The number of rotatable bonds is 7. The van der Waals surface area contributed by atoms with Gasteiger partial charge in [-0.25, -0.2) is 4.79 Å². The maximum atomic E-state index is 13.4. The lowest BCUT2D eigenvalue weighted by Gasteiger charge is -2.41. The smallest absolute Gasteiger partial charge is 0.407 e. The summed E-state index contributed by atoms with van der Waals surface area (Å²) >= 11 is 0. The van der Waals surface area contributed by atoms with Gasteiger partial charge in [0.25, 0.3) is 0 Å². The minimum absolute atomic E-state index is 0.0656. The third kappa shape index (κ3) is 4.77. The van der Waals surface area contributed by atoms with Gasteiger partial charge in [-0.1, -0.05) is 69.3 Å². The number of aliphatic carboxylic acids is 1. The second kappa shape index (κ2) is 10.1. The highest BCUT2D eigenvalue weighted by atomic mass is 16.5. The molecule has 2 atom stereocenters. The van der Waals surface area contributed by atoms with E-state index in [9.17, 15) is 19.5 Å². The van der Waals surface area contributed by atoms with Gasteiger partial charge >= 0.3 is 12.1 Å². The van der Waals surface area contributed by atoms with E-state index in [0.717, 1.165) is 22.3 Å². The lowest BCUT2D eigenvalue weighted by atomic mass is 9.77. The van der Waals surface area contributed by atoms with Crippen LogP contribution in [0.15, 0.2) is 48.5 Å². The maximum absolute atomic E-state index is 13.4. The molecule has 2 unspecified atom stereocenters. The van der Waals surface area contributed by atoms with Gasteiger partial charge in [-0.15, -0.1) is 0 Å². The highest BCUT2D eigenvalue weighted by Crippen LogP contribution is 2.44. The highest BCUT2D eigenvalue weighted by Gasteiger charge is 2.43. The van der Waals surface area contributed by atoms with Crippen LogP contribution in [0.3, 0.4) is 0 Å². The largest absolute Gasteiger partial charge is 0.481 e. The van der Waals surface area contributed by atoms with Crippen LogP contribution in [0.5, 0.6) is 0 Å². The van der Waals surface area contributed by atoms with Crippen LogP contribution in [0.1, 0.15) is 57.1 Å². The quantitative estimate of drug-likeness (QED) is 0.604. The van der Waals surface area contributed by atoms with E-state index < -0.39 is 23.5 Å². The Labute approximate surface area is 206 Å². The van der Waals surface area contributed by atoms with Crippen molar-refractivity contribution in [1.29, 1.82) is 0 Å². The summed E-state index contributed by atoms with van der Waals surface area (Å²) in [7, 11) is 0. The van der Waals surface area contributed by atoms with Gasteiger partial charge in [-0.3, -0.25) is 9.59 Å². The Morgan fingerprint density at radius 3 is 2.23 bits per heavy atom. The zero-order valence-electron chi connectivity index (χ0n) is 20.6. The molecule has 0 spiro atoms. The fourth-order valence-electron chi connectivity index (χ4n) is 5.41. The molecule has 1 aliphatic carbocycles. The molecule has 1 heterocycles. The molecule has 35 heavy (non-hydrogen) atoms. The van der Waals surface area contributed by atoms with Gasteiger partial charge in [0, 0.05) is 19.0 Å². The second-order valence-electron chi connectivity index (χ2n) is 9.99. The molecule has 1 fully saturated rings. The van der Waals surface area contributed by atoms with Gasteiger partial charge in [-0.05, 0) is 47.4 Å². The number of alkyl carbamates (subject to hydrolysis) is 1. The topological polar surface area (TPSA) is 95.9 Å². The second-order valence-corrected chi connectivity index (χ2v) is 9.99. The molecule has 0 saturated carbocycles. The molecule has 2 N–H and O–H groups in total. The van der Waals surface area contributed by atoms with Crippen LogP contribution in [-0.4, -0.2) is 53.7 Å². The number of amides is 2. The number of nitrogens with one attached hydrogen (secondary N) is 1. The number of benzene rings is 2. The van der Waals surface area contributed by atoms with Gasteiger partial charge < -0.3 is 20.1 Å². The summed E-state index contributed by atoms with van der Waals surface area (Å²) in [6, 6.07) is 15.5. The first-order chi connectivity index (χ1) is 16.8. The first-order valence-electron chi connectivity index (χ1n) is 12.4. The number of piperidine rings is 1. The summed E-state index contributed by atoms with van der Waals surface area (Å²) in [5, 5.41) is 12.5. The first kappa shape index (κ1) is 24.8. The van der Waals surface area contributed by atoms with E-state index >= 15 is 0 Å². The van der Waals surface area contributed by atoms with Crippen LogP contribution in [0.2, 0.25) is 0 Å². The van der Waals surface area contributed by atoms with Gasteiger partial charge in [0.2, 0.25) is 5.91 Å². The minimum atomic E-state index is -0.931. The molecule has 186 valence electrons. The van der Waals surface area contributed by atoms with Crippen molar-refractivity contribution in [3.05, 3.63) is 59.7 Å². The lowest BCUT2D eigenvalue weighted by Crippen LogP contribution is -2.56. The van der Waals surface area contributed by atoms with E-state index in [4.69, 9.17) is 4.74 Å². The molecule has 0 aromatic heterocycles. The summed E-state index contributed by atoms with van der Waals surface area (Å²) in [6.45, 7) is 6.38. The number of carbonyl (C=O) groups excluding carboxylic acids is 2. The van der Waals surface area contributed by atoms with Crippen molar-refractivity contribution in [1.82, 2.24) is 10.2 Å². The third-order valence-corrected chi connectivity index (χ3v) is 7.57. The Morgan fingerprint density at radius 1 is 1.09 bits per heavy atom. The zero-order chi connectivity index (χ0) is 25.2. The molecule has 2 amide bonds. The van der Waals surface area contributed by atoms with Crippen LogP contribution in [0.25, 0.3) is 11.1 Å². The number of carboxylic acid groups (broad SMARTS) is 1. The highest BCUT2D eigenvalue weighted by molar-refractivity contribution is 5.87. The van der Waals surface area contributed by atoms with Crippen molar-refractivity contribution >= 4 is 18.0 Å². The summed E-state index contributed by atoms with van der Waals surface area (Å²) in [5.41, 5.74) is 3.61. The number of ether oxygens (including phenoxy) is 1. The molecule has 2 aromatic rings. The predicted molar refractivity (Wildman–Crippen MR) is 133 cm³/mol. The molecule has 2 aromatic carbocycles. The SMILES string of the molecule is CCC1(C(=O)O)CCCN(C(=O)C(NC(=O)OCC2c3ccccc3-c3ccccc32)C(C)C)C1. The Kier molecular flexibility index (Phi) is 7.15. The maximum Gasteiger partial charge on any atom is 0.407 e. The zero-order valence-corrected chi connectivity index (χ0v) is 20.6. The molecule has 4 rings (SSSR count). The Bertz CT molecular complexity index is 1070. The Hall–Kier alpha value is -3.35. The van der Waals surface area contributed by atoms with Crippen LogP contribution in [0.4, 0.5) is 4.79 Å². The Balaban J connectivity index is 1.43. The van der Waals surface area contributed by atoms with E-state index in [1.807, 2.05) is 45.0 Å². The van der Waals surface area contributed by atoms with Crippen LogP contribution < -0.4 is 5.32 Å². The standard InChI is InChI=1S/C28H34N2O5/c1-4-28(26(32)33)14-9-15-30(17-28)25(31)24(18(2)3)29-27(34)35-16-23-21-12-7-5-10-19(21)20-11-6-8-13-22(20)23/h5-8,10-13,18,23-24H,4,9,14-17H2,1-3H3,(H,29,34)(H,32,33). The van der Waals surface area contributed by atoms with Gasteiger partial charge in [0.05, 0.1) is 5.41 Å². The normalized spacial score (nSPS) is 20.2. The molecule has 2 aliphatic rings. The lowest BCUT2D eigenvalue weighted by molar-refractivity contribution is -0.155. The minimum Gasteiger partial charge on any atom is -0.481 e. The fraction of sp³-hybridized carbons (Fsp3) is 0.464. The molecular formula is C28H34N2O5. The van der Waals surface area contributed by atoms with Crippen molar-refractivity contribution in [3.8, 4) is 11.1 Å². The fourth-order valence-corrected chi connectivity index (χ4v) is 5.41. The number of nitrogens with zero attached hydrogens (tertiary/aromatic N) is 1. The van der Waals surface area contributed by atoms with Crippen molar-refractivity contribution in [2.24, 2.45) is 11.3 Å². The third-order valence-electron chi connectivity index (χ3n) is 7.57. The Morgan fingerprint density at radius 2 is 1.69 bits per heavy atom. The molecule has 0 radical (unpaired) electrons. The van der Waals surface area contributed by atoms with Crippen LogP contribution >= 0.6 is 0 Å². The van der Waals surface area contributed by atoms with Crippen molar-refractivity contribution in [2.45, 2.75) is 52.0 Å². The summed E-state index contributed by atoms with van der Waals surface area (Å²) in [5.74, 6) is -1.37. The van der Waals surface area contributed by atoms with Gasteiger partial charge in [0.1, 0.15) is 12.6 Å². The molecule has 1 saturated heterocycles. The predicted octanol–water partition coefficient (Wildman–Crippen LogP) is 4.65.